The summed E-state index contributed by atoms with van der Waals surface area (Å²) >= 11 is 0. The zero-order chi connectivity index (χ0) is 19.7. The van der Waals surface area contributed by atoms with Crippen LogP contribution in [0.2, 0.25) is 0 Å². The molecule has 6 nitrogen and oxygen atoms in total. The molecule has 0 fully saturated rings. The first-order valence-electron chi connectivity index (χ1n) is 8.90. The molecule has 0 atom stereocenters. The SMILES string of the molecule is CN=C(NCCCc1ccc(O)cc1)NCCc1ccc(S(C)(=O)=O)cc1. The number of guanidine groups is 1. The van der Waals surface area contributed by atoms with E-state index in [1.165, 1.54) is 11.8 Å². The minimum absolute atomic E-state index is 0.285. The summed E-state index contributed by atoms with van der Waals surface area (Å²) in [4.78, 5) is 4.54. The van der Waals surface area contributed by atoms with Gasteiger partial charge < -0.3 is 15.7 Å². The number of phenols is 1. The Bertz CT molecular complexity index is 845. The summed E-state index contributed by atoms with van der Waals surface area (Å²) in [6, 6.07) is 14.2. The Hall–Kier alpha value is -2.54. The maximum absolute atomic E-state index is 11.5. The highest BCUT2D eigenvalue weighted by Gasteiger charge is 2.06. The van der Waals surface area contributed by atoms with Crippen molar-refractivity contribution in [1.82, 2.24) is 10.6 Å². The van der Waals surface area contributed by atoms with Crippen LogP contribution in [0.25, 0.3) is 0 Å². The molecule has 0 radical (unpaired) electrons. The van der Waals surface area contributed by atoms with Crippen molar-refractivity contribution in [3.05, 3.63) is 59.7 Å². The molecule has 2 aromatic rings. The predicted octanol–water partition coefficient (Wildman–Crippen LogP) is 2.14. The molecule has 0 aliphatic carbocycles. The van der Waals surface area contributed by atoms with E-state index in [1.807, 2.05) is 24.3 Å². The molecular formula is C20H27N3O3S. The molecule has 0 heterocycles. The van der Waals surface area contributed by atoms with Crippen molar-refractivity contribution in [2.75, 3.05) is 26.4 Å². The van der Waals surface area contributed by atoms with Gasteiger partial charge in [0.05, 0.1) is 4.90 Å². The molecule has 0 saturated carbocycles. The van der Waals surface area contributed by atoms with Gasteiger partial charge in [-0.15, -0.1) is 0 Å². The van der Waals surface area contributed by atoms with Gasteiger partial charge in [0.2, 0.25) is 0 Å². The first kappa shape index (κ1) is 20.8. The lowest BCUT2D eigenvalue weighted by Gasteiger charge is -2.12. The van der Waals surface area contributed by atoms with Gasteiger partial charge >= 0.3 is 0 Å². The van der Waals surface area contributed by atoms with Gasteiger partial charge in [-0.1, -0.05) is 24.3 Å². The largest absolute Gasteiger partial charge is 0.508 e. The Kier molecular flexibility index (Phi) is 7.67. The average molecular weight is 390 g/mol. The smallest absolute Gasteiger partial charge is 0.190 e. The highest BCUT2D eigenvalue weighted by Crippen LogP contribution is 2.11. The van der Waals surface area contributed by atoms with E-state index in [0.29, 0.717) is 11.4 Å². The average Bonchev–Trinajstić information content (AvgIpc) is 2.65. The molecule has 0 aliphatic heterocycles. The summed E-state index contributed by atoms with van der Waals surface area (Å²) in [7, 11) is -1.42. The predicted molar refractivity (Wildman–Crippen MR) is 109 cm³/mol. The molecule has 0 aliphatic rings. The van der Waals surface area contributed by atoms with Gasteiger partial charge in [-0.2, -0.15) is 0 Å². The number of nitrogens with zero attached hydrogens (tertiary/aromatic N) is 1. The van der Waals surface area contributed by atoms with Crippen molar-refractivity contribution in [3.8, 4) is 5.75 Å². The first-order chi connectivity index (χ1) is 12.9. The molecule has 0 bridgehead atoms. The zero-order valence-electron chi connectivity index (χ0n) is 15.8. The van der Waals surface area contributed by atoms with E-state index in [-0.39, 0.29) is 5.75 Å². The molecular weight excluding hydrogens is 362 g/mol. The van der Waals surface area contributed by atoms with Gasteiger partial charge in [0.25, 0.3) is 0 Å². The molecule has 3 N–H and O–H groups in total. The number of phenolic OH excluding ortho intramolecular Hbond substituents is 1. The summed E-state index contributed by atoms with van der Waals surface area (Å²) in [6.07, 6.45) is 3.87. The number of benzene rings is 2. The van der Waals surface area contributed by atoms with Crippen LogP contribution in [0.3, 0.4) is 0 Å². The number of aliphatic imine (C=N–C) groups is 1. The third-order valence-corrected chi connectivity index (χ3v) is 5.28. The highest BCUT2D eigenvalue weighted by molar-refractivity contribution is 7.90. The third kappa shape index (κ3) is 7.30. The minimum atomic E-state index is -3.15. The summed E-state index contributed by atoms with van der Waals surface area (Å²) in [5.41, 5.74) is 2.26. The van der Waals surface area contributed by atoms with Gasteiger partial charge in [0.1, 0.15) is 5.75 Å². The maximum Gasteiger partial charge on any atom is 0.190 e. The van der Waals surface area contributed by atoms with Crippen molar-refractivity contribution < 1.29 is 13.5 Å². The van der Waals surface area contributed by atoms with Crippen LogP contribution in [0.1, 0.15) is 17.5 Å². The van der Waals surface area contributed by atoms with Gasteiger partial charge in [-0.05, 0) is 54.7 Å². The second kappa shape index (κ2) is 9.97. The molecule has 146 valence electrons. The monoisotopic (exact) mass is 389 g/mol. The molecule has 2 aromatic carbocycles. The molecule has 7 heteroatoms. The Morgan fingerprint density at radius 1 is 0.926 bits per heavy atom. The first-order valence-corrected chi connectivity index (χ1v) is 10.8. The molecule has 0 aromatic heterocycles. The third-order valence-electron chi connectivity index (χ3n) is 4.15. The van der Waals surface area contributed by atoms with E-state index in [0.717, 1.165) is 37.3 Å². The highest BCUT2D eigenvalue weighted by atomic mass is 32.2. The van der Waals surface area contributed by atoms with Crippen LogP contribution in [0.4, 0.5) is 0 Å². The zero-order valence-corrected chi connectivity index (χ0v) is 16.6. The van der Waals surface area contributed by atoms with Crippen LogP contribution in [0, 0.1) is 0 Å². The van der Waals surface area contributed by atoms with Gasteiger partial charge in [-0.25, -0.2) is 8.42 Å². The fourth-order valence-corrected chi connectivity index (χ4v) is 3.24. The molecule has 27 heavy (non-hydrogen) atoms. The van der Waals surface area contributed by atoms with Crippen molar-refractivity contribution >= 4 is 15.8 Å². The second-order valence-electron chi connectivity index (χ2n) is 6.36. The number of aryl methyl sites for hydroxylation is 1. The van der Waals surface area contributed by atoms with E-state index in [1.54, 1.807) is 31.3 Å². The lowest BCUT2D eigenvalue weighted by molar-refractivity contribution is 0.475. The molecule has 2 rings (SSSR count). The van der Waals surface area contributed by atoms with Gasteiger partial charge in [-0.3, -0.25) is 4.99 Å². The topological polar surface area (TPSA) is 90.8 Å². The van der Waals surface area contributed by atoms with E-state index in [2.05, 4.69) is 15.6 Å². The van der Waals surface area contributed by atoms with Crippen molar-refractivity contribution in [3.63, 3.8) is 0 Å². The number of hydrogen-bond donors (Lipinski definition) is 3. The van der Waals surface area contributed by atoms with Crippen LogP contribution >= 0.6 is 0 Å². The number of nitrogens with one attached hydrogen (secondary N) is 2. The Morgan fingerprint density at radius 2 is 1.48 bits per heavy atom. The lowest BCUT2D eigenvalue weighted by atomic mass is 10.1. The van der Waals surface area contributed by atoms with Crippen molar-refractivity contribution in [1.29, 1.82) is 0 Å². The molecule has 0 spiro atoms. The lowest BCUT2D eigenvalue weighted by Crippen LogP contribution is -2.38. The Morgan fingerprint density at radius 3 is 2.07 bits per heavy atom. The van der Waals surface area contributed by atoms with Crippen molar-refractivity contribution in [2.45, 2.75) is 24.2 Å². The second-order valence-corrected chi connectivity index (χ2v) is 8.38. The molecule has 0 saturated heterocycles. The summed E-state index contributed by atoms with van der Waals surface area (Å²) in [5.74, 6) is 1.03. The molecule has 0 unspecified atom stereocenters. The van der Waals surface area contributed by atoms with E-state index in [9.17, 15) is 13.5 Å². The summed E-state index contributed by atoms with van der Waals surface area (Å²) < 4.78 is 22.9. The Balaban J connectivity index is 1.68. The van der Waals surface area contributed by atoms with Crippen LogP contribution in [-0.4, -0.2) is 45.9 Å². The maximum atomic E-state index is 11.5. The van der Waals surface area contributed by atoms with Crippen LogP contribution in [0.5, 0.6) is 5.75 Å². The Labute approximate surface area is 161 Å². The van der Waals surface area contributed by atoms with Crippen LogP contribution in [-0.2, 0) is 22.7 Å². The van der Waals surface area contributed by atoms with E-state index in [4.69, 9.17) is 0 Å². The minimum Gasteiger partial charge on any atom is -0.508 e. The van der Waals surface area contributed by atoms with Crippen LogP contribution in [0.15, 0.2) is 58.4 Å². The van der Waals surface area contributed by atoms with Crippen LogP contribution < -0.4 is 10.6 Å². The molecule has 0 amide bonds. The number of hydrogen-bond acceptors (Lipinski definition) is 4. The number of rotatable bonds is 8. The van der Waals surface area contributed by atoms with Gasteiger partial charge in [0, 0.05) is 26.4 Å². The number of aromatic hydroxyl groups is 1. The van der Waals surface area contributed by atoms with Crippen molar-refractivity contribution in [2.24, 2.45) is 4.99 Å². The fourth-order valence-electron chi connectivity index (χ4n) is 2.61. The summed E-state index contributed by atoms with van der Waals surface area (Å²) in [5, 5.41) is 15.8. The fraction of sp³-hybridized carbons (Fsp3) is 0.350. The normalized spacial score (nSPS) is 12.0. The van der Waals surface area contributed by atoms with Gasteiger partial charge in [0.15, 0.2) is 15.8 Å². The summed E-state index contributed by atoms with van der Waals surface area (Å²) in [6.45, 7) is 1.50. The van der Waals surface area contributed by atoms with E-state index < -0.39 is 9.84 Å². The quantitative estimate of drug-likeness (QED) is 0.366. The van der Waals surface area contributed by atoms with E-state index >= 15 is 0 Å². The standard InChI is InChI=1S/C20H27N3O3S/c1-21-20(22-14-3-4-16-5-9-18(24)10-6-16)23-15-13-17-7-11-19(12-8-17)27(2,25)26/h5-12,24H,3-4,13-15H2,1-2H3,(H2,21,22,23). The number of sulfone groups is 1.